The van der Waals surface area contributed by atoms with E-state index in [0.717, 1.165) is 43.1 Å². The minimum Gasteiger partial charge on any atom is -0.468 e. The van der Waals surface area contributed by atoms with Crippen LogP contribution in [0.4, 0.5) is 5.95 Å². The van der Waals surface area contributed by atoms with Crippen LogP contribution < -0.4 is 5.73 Å². The first-order chi connectivity index (χ1) is 8.31. The molecule has 0 unspecified atom stereocenters. The van der Waals surface area contributed by atoms with E-state index in [1.165, 1.54) is 0 Å². The first-order valence-electron chi connectivity index (χ1n) is 5.66. The summed E-state index contributed by atoms with van der Waals surface area (Å²) in [7, 11) is 0. The van der Waals surface area contributed by atoms with Gasteiger partial charge in [-0.2, -0.15) is 0 Å². The number of hydrogen-bond acceptors (Lipinski definition) is 5. The van der Waals surface area contributed by atoms with E-state index in [1.807, 2.05) is 18.3 Å². The van der Waals surface area contributed by atoms with Crippen molar-refractivity contribution >= 4 is 5.95 Å². The van der Waals surface area contributed by atoms with E-state index in [1.54, 1.807) is 6.26 Å². The Hall–Kier alpha value is -1.88. The summed E-state index contributed by atoms with van der Waals surface area (Å²) in [5.41, 5.74) is 7.82. The number of furan rings is 1. The molecule has 0 atom stereocenters. The van der Waals surface area contributed by atoms with Crippen LogP contribution in [-0.2, 0) is 19.5 Å². The van der Waals surface area contributed by atoms with Gasteiger partial charge in [-0.1, -0.05) is 0 Å². The average molecular weight is 230 g/mol. The minimum atomic E-state index is 0.364. The summed E-state index contributed by atoms with van der Waals surface area (Å²) in [6.07, 6.45) is 4.45. The van der Waals surface area contributed by atoms with Crippen LogP contribution in [0.1, 0.15) is 17.0 Å². The molecule has 5 nitrogen and oxygen atoms in total. The molecule has 2 N–H and O–H groups in total. The van der Waals surface area contributed by atoms with Gasteiger partial charge in [0.2, 0.25) is 5.95 Å². The zero-order chi connectivity index (χ0) is 11.7. The van der Waals surface area contributed by atoms with Gasteiger partial charge in [0.15, 0.2) is 0 Å². The minimum absolute atomic E-state index is 0.364. The summed E-state index contributed by atoms with van der Waals surface area (Å²) >= 11 is 0. The number of nitrogens with zero attached hydrogens (tertiary/aromatic N) is 3. The summed E-state index contributed by atoms with van der Waals surface area (Å²) in [6.45, 7) is 2.66. The third kappa shape index (κ3) is 2.14. The molecule has 0 saturated carbocycles. The summed E-state index contributed by atoms with van der Waals surface area (Å²) in [5.74, 6) is 1.35. The molecule has 0 aliphatic carbocycles. The van der Waals surface area contributed by atoms with Gasteiger partial charge in [0.1, 0.15) is 5.76 Å². The Morgan fingerprint density at radius 3 is 3.24 bits per heavy atom. The fourth-order valence-electron chi connectivity index (χ4n) is 2.15. The topological polar surface area (TPSA) is 68.2 Å². The fraction of sp³-hybridized carbons (Fsp3) is 0.333. The molecule has 3 rings (SSSR count). The van der Waals surface area contributed by atoms with Crippen LogP contribution in [0.2, 0.25) is 0 Å². The molecule has 1 aliphatic heterocycles. The second kappa shape index (κ2) is 4.18. The molecule has 0 fully saturated rings. The second-order valence-corrected chi connectivity index (χ2v) is 4.24. The third-order valence-corrected chi connectivity index (χ3v) is 2.99. The fourth-order valence-corrected chi connectivity index (χ4v) is 2.15. The van der Waals surface area contributed by atoms with E-state index in [-0.39, 0.29) is 0 Å². The summed E-state index contributed by atoms with van der Waals surface area (Å²) in [6, 6.07) is 3.91. The SMILES string of the molecule is Nc1ncc2c(n1)CCN(Cc1ccco1)C2. The number of anilines is 1. The Balaban J connectivity index is 1.74. The maximum absolute atomic E-state index is 5.58. The molecule has 2 aromatic heterocycles. The number of nitrogen functional groups attached to an aromatic ring is 1. The van der Waals surface area contributed by atoms with E-state index in [9.17, 15) is 0 Å². The van der Waals surface area contributed by atoms with Gasteiger partial charge in [0, 0.05) is 31.3 Å². The Morgan fingerprint density at radius 1 is 1.47 bits per heavy atom. The third-order valence-electron chi connectivity index (χ3n) is 2.99. The molecule has 1 aliphatic rings. The molecular weight excluding hydrogens is 216 g/mol. The van der Waals surface area contributed by atoms with Gasteiger partial charge in [0.25, 0.3) is 0 Å². The van der Waals surface area contributed by atoms with Crippen LogP contribution in [-0.4, -0.2) is 21.4 Å². The van der Waals surface area contributed by atoms with E-state index in [2.05, 4.69) is 14.9 Å². The van der Waals surface area contributed by atoms with Crippen molar-refractivity contribution in [2.75, 3.05) is 12.3 Å². The van der Waals surface area contributed by atoms with Crippen molar-refractivity contribution in [2.24, 2.45) is 0 Å². The highest BCUT2D eigenvalue weighted by Gasteiger charge is 2.18. The Bertz CT molecular complexity index is 509. The molecule has 0 bridgehead atoms. The quantitative estimate of drug-likeness (QED) is 0.839. The highest BCUT2D eigenvalue weighted by atomic mass is 16.3. The highest BCUT2D eigenvalue weighted by Crippen LogP contribution is 2.18. The predicted molar refractivity (Wildman–Crippen MR) is 63.0 cm³/mol. The van der Waals surface area contributed by atoms with E-state index in [4.69, 9.17) is 10.2 Å². The average Bonchev–Trinajstić information content (AvgIpc) is 2.82. The van der Waals surface area contributed by atoms with Gasteiger partial charge in [-0.05, 0) is 12.1 Å². The van der Waals surface area contributed by atoms with Crippen LogP contribution in [0.25, 0.3) is 0 Å². The van der Waals surface area contributed by atoms with E-state index in [0.29, 0.717) is 5.95 Å². The number of nitrogens with two attached hydrogens (primary N) is 1. The lowest BCUT2D eigenvalue weighted by Crippen LogP contribution is -2.30. The van der Waals surface area contributed by atoms with Crippen molar-refractivity contribution in [3.05, 3.63) is 41.6 Å². The first-order valence-corrected chi connectivity index (χ1v) is 5.66. The van der Waals surface area contributed by atoms with Crippen molar-refractivity contribution in [1.82, 2.24) is 14.9 Å². The van der Waals surface area contributed by atoms with Crippen molar-refractivity contribution < 1.29 is 4.42 Å². The zero-order valence-corrected chi connectivity index (χ0v) is 9.47. The first kappa shape index (κ1) is 10.3. The van der Waals surface area contributed by atoms with Crippen LogP contribution >= 0.6 is 0 Å². The standard InChI is InChI=1S/C12H14N4O/c13-12-14-6-9-7-16(4-3-11(9)15-12)8-10-2-1-5-17-10/h1-2,5-6H,3-4,7-8H2,(H2,13,14,15). The molecule has 5 heteroatoms. The zero-order valence-electron chi connectivity index (χ0n) is 9.47. The highest BCUT2D eigenvalue weighted by molar-refractivity contribution is 5.27. The monoisotopic (exact) mass is 230 g/mol. The number of aromatic nitrogens is 2. The van der Waals surface area contributed by atoms with Crippen LogP contribution in [0.3, 0.4) is 0 Å². The molecule has 0 amide bonds. The molecule has 0 radical (unpaired) electrons. The van der Waals surface area contributed by atoms with Crippen LogP contribution in [0, 0.1) is 0 Å². The summed E-state index contributed by atoms with van der Waals surface area (Å²) in [4.78, 5) is 10.6. The molecule has 0 aromatic carbocycles. The van der Waals surface area contributed by atoms with Crippen molar-refractivity contribution in [3.8, 4) is 0 Å². The largest absolute Gasteiger partial charge is 0.468 e. The smallest absolute Gasteiger partial charge is 0.220 e. The lowest BCUT2D eigenvalue weighted by atomic mass is 10.1. The van der Waals surface area contributed by atoms with Crippen LogP contribution in [0.5, 0.6) is 0 Å². The van der Waals surface area contributed by atoms with Gasteiger partial charge in [-0.15, -0.1) is 0 Å². The number of rotatable bonds is 2. The Morgan fingerprint density at radius 2 is 2.41 bits per heavy atom. The summed E-state index contributed by atoms with van der Waals surface area (Å²) in [5, 5.41) is 0. The Kier molecular flexibility index (Phi) is 2.53. The van der Waals surface area contributed by atoms with Gasteiger partial charge in [-0.3, -0.25) is 4.90 Å². The van der Waals surface area contributed by atoms with Gasteiger partial charge in [0.05, 0.1) is 18.5 Å². The van der Waals surface area contributed by atoms with Crippen molar-refractivity contribution in [2.45, 2.75) is 19.5 Å². The molecule has 88 valence electrons. The van der Waals surface area contributed by atoms with E-state index < -0.39 is 0 Å². The maximum atomic E-state index is 5.58. The Labute approximate surface area is 99.3 Å². The molecule has 0 saturated heterocycles. The predicted octanol–water partition coefficient (Wildman–Crippen LogP) is 1.21. The molecule has 0 spiro atoms. The lowest BCUT2D eigenvalue weighted by molar-refractivity contribution is 0.223. The van der Waals surface area contributed by atoms with Gasteiger partial charge >= 0.3 is 0 Å². The number of fused-ring (bicyclic) bond motifs is 1. The maximum Gasteiger partial charge on any atom is 0.220 e. The molecule has 2 aromatic rings. The van der Waals surface area contributed by atoms with Crippen molar-refractivity contribution in [1.29, 1.82) is 0 Å². The molecule has 17 heavy (non-hydrogen) atoms. The lowest BCUT2D eigenvalue weighted by Gasteiger charge is -2.26. The van der Waals surface area contributed by atoms with Gasteiger partial charge < -0.3 is 10.2 Å². The van der Waals surface area contributed by atoms with Crippen molar-refractivity contribution in [3.63, 3.8) is 0 Å². The molecule has 3 heterocycles. The second-order valence-electron chi connectivity index (χ2n) is 4.24. The van der Waals surface area contributed by atoms with Gasteiger partial charge in [-0.25, -0.2) is 9.97 Å². The number of hydrogen-bond donors (Lipinski definition) is 1. The molecular formula is C12H14N4O. The normalized spacial score (nSPS) is 15.8. The van der Waals surface area contributed by atoms with E-state index >= 15 is 0 Å². The van der Waals surface area contributed by atoms with Crippen LogP contribution in [0.15, 0.2) is 29.0 Å². The summed E-state index contributed by atoms with van der Waals surface area (Å²) < 4.78 is 5.35.